The highest BCUT2D eigenvalue weighted by Gasteiger charge is 2.29. The number of aromatic nitrogens is 2. The van der Waals surface area contributed by atoms with Crippen LogP contribution in [0.4, 0.5) is 5.69 Å². The monoisotopic (exact) mass is 516 g/mol. The Balaban J connectivity index is 1.82. The number of amides is 1. The molecule has 0 radical (unpaired) electrons. The van der Waals surface area contributed by atoms with Crippen molar-refractivity contribution in [1.29, 1.82) is 0 Å². The summed E-state index contributed by atoms with van der Waals surface area (Å²) in [6, 6.07) is 5.23. The zero-order valence-corrected chi connectivity index (χ0v) is 22.0. The van der Waals surface area contributed by atoms with Crippen LogP contribution < -0.4 is 10.6 Å². The van der Waals surface area contributed by atoms with Crippen LogP contribution in [0.5, 0.6) is 0 Å². The van der Waals surface area contributed by atoms with Crippen molar-refractivity contribution in [3.8, 4) is 0 Å². The number of hydrogen-bond donors (Lipinski definition) is 1. The first kappa shape index (κ1) is 26.5. The van der Waals surface area contributed by atoms with E-state index >= 15 is 0 Å². The number of anilines is 1. The number of allylic oxidation sites excluding steroid dienone is 3. The van der Waals surface area contributed by atoms with Gasteiger partial charge in [-0.2, -0.15) is 18.5 Å². The van der Waals surface area contributed by atoms with Gasteiger partial charge in [0, 0.05) is 31.3 Å². The van der Waals surface area contributed by atoms with Crippen LogP contribution in [0.1, 0.15) is 37.9 Å². The molecule has 1 aliphatic rings. The van der Waals surface area contributed by atoms with Crippen LogP contribution in [0.3, 0.4) is 0 Å². The summed E-state index contributed by atoms with van der Waals surface area (Å²) in [5.74, 6) is -0.629. The third kappa shape index (κ3) is 5.26. The molecule has 0 fully saturated rings. The van der Waals surface area contributed by atoms with Crippen molar-refractivity contribution in [3.05, 3.63) is 74.4 Å². The molecule has 0 aliphatic carbocycles. The lowest BCUT2D eigenvalue weighted by atomic mass is 9.97. The second-order valence-electron chi connectivity index (χ2n) is 8.59. The van der Waals surface area contributed by atoms with Gasteiger partial charge in [0.2, 0.25) is 0 Å². The Bertz CT molecular complexity index is 1500. The maximum absolute atomic E-state index is 13.0. The molecule has 0 spiro atoms. The molecule has 1 aliphatic heterocycles. The Kier molecular flexibility index (Phi) is 7.44. The maximum Gasteiger partial charge on any atom is 0.294 e. The summed E-state index contributed by atoms with van der Waals surface area (Å²) in [5.41, 5.74) is 2.69. The van der Waals surface area contributed by atoms with Crippen LogP contribution in [0.2, 0.25) is 0 Å². The van der Waals surface area contributed by atoms with E-state index in [2.05, 4.69) is 5.10 Å². The number of benzene rings is 1. The van der Waals surface area contributed by atoms with Crippen LogP contribution in [0.15, 0.2) is 62.9 Å². The molecule has 1 aromatic heterocycles. The van der Waals surface area contributed by atoms with Crippen molar-refractivity contribution in [2.24, 2.45) is 25.1 Å². The van der Waals surface area contributed by atoms with Gasteiger partial charge in [0.05, 0.1) is 21.9 Å². The fourth-order valence-corrected chi connectivity index (χ4v) is 4.60. The second-order valence-corrected chi connectivity index (χ2v) is 10.4. The lowest BCUT2D eigenvalue weighted by Crippen LogP contribution is -2.28. The van der Waals surface area contributed by atoms with Crippen LogP contribution >= 0.6 is 12.2 Å². The highest BCUT2D eigenvalue weighted by molar-refractivity contribution is 7.85. The van der Waals surface area contributed by atoms with E-state index in [0.29, 0.717) is 27.3 Å². The van der Waals surface area contributed by atoms with Gasteiger partial charge in [-0.1, -0.05) is 32.1 Å². The average molecular weight is 517 g/mol. The van der Waals surface area contributed by atoms with E-state index < -0.39 is 10.1 Å². The van der Waals surface area contributed by atoms with Gasteiger partial charge in [-0.05, 0) is 56.2 Å². The second kappa shape index (κ2) is 9.84. The minimum absolute atomic E-state index is 0.125. The molecule has 0 saturated heterocycles. The van der Waals surface area contributed by atoms with E-state index in [0.717, 1.165) is 5.69 Å². The Labute approximate surface area is 209 Å². The Morgan fingerprint density at radius 2 is 1.63 bits per heavy atom. The minimum atomic E-state index is -4.33. The van der Waals surface area contributed by atoms with E-state index in [1.165, 1.54) is 33.8 Å². The van der Waals surface area contributed by atoms with Gasteiger partial charge in [-0.3, -0.25) is 18.7 Å². The Hall–Kier alpha value is -3.15. The average Bonchev–Trinajstić information content (AvgIpc) is 3.08. The van der Waals surface area contributed by atoms with Crippen molar-refractivity contribution < 1.29 is 17.8 Å². The molecular weight excluding hydrogens is 488 g/mol. The van der Waals surface area contributed by atoms with Gasteiger partial charge in [0.15, 0.2) is 4.77 Å². The third-order valence-electron chi connectivity index (χ3n) is 6.03. The third-order valence-corrected chi connectivity index (χ3v) is 7.45. The molecule has 2 atom stereocenters. The first-order valence-electron chi connectivity index (χ1n) is 10.9. The zero-order chi connectivity index (χ0) is 26.2. The first-order chi connectivity index (χ1) is 16.2. The van der Waals surface area contributed by atoms with Crippen molar-refractivity contribution in [2.45, 2.75) is 38.5 Å². The molecule has 11 heteroatoms. The summed E-state index contributed by atoms with van der Waals surface area (Å²) >= 11 is 5.31. The van der Waals surface area contributed by atoms with E-state index in [1.807, 2.05) is 44.5 Å². The summed E-state index contributed by atoms with van der Waals surface area (Å²) in [4.78, 5) is 25.5. The van der Waals surface area contributed by atoms with Gasteiger partial charge in [-0.25, -0.2) is 0 Å². The SMILES string of the molecule is CC1=NN(c2ccc(S(=O)(=O)O)cc2)C(=O)/C1=C/C(C)/C=C\C(C)c1c(C)n(C)c(=S)n(C)c1=O. The molecule has 2 aromatic rings. The molecular formula is C24H28N4O5S2. The molecule has 2 unspecified atom stereocenters. The van der Waals surface area contributed by atoms with Crippen molar-refractivity contribution in [2.75, 3.05) is 5.01 Å². The first-order valence-corrected chi connectivity index (χ1v) is 12.7. The number of hydrogen-bond acceptors (Lipinski definition) is 6. The highest BCUT2D eigenvalue weighted by Crippen LogP contribution is 2.26. The maximum atomic E-state index is 13.0. The van der Waals surface area contributed by atoms with Gasteiger partial charge in [0.25, 0.3) is 21.6 Å². The lowest BCUT2D eigenvalue weighted by Gasteiger charge is -2.16. The minimum Gasteiger partial charge on any atom is -0.325 e. The molecule has 35 heavy (non-hydrogen) atoms. The molecule has 3 rings (SSSR count). The molecule has 1 N–H and O–H groups in total. The number of nitrogens with zero attached hydrogens (tertiary/aromatic N) is 4. The summed E-state index contributed by atoms with van der Waals surface area (Å²) < 4.78 is 35.4. The largest absolute Gasteiger partial charge is 0.325 e. The predicted octanol–water partition coefficient (Wildman–Crippen LogP) is 3.65. The fourth-order valence-electron chi connectivity index (χ4n) is 3.90. The normalized spacial score (nSPS) is 17.3. The summed E-state index contributed by atoms with van der Waals surface area (Å²) in [5, 5.41) is 5.49. The molecule has 186 valence electrons. The molecule has 1 aromatic carbocycles. The van der Waals surface area contributed by atoms with Gasteiger partial charge >= 0.3 is 0 Å². The van der Waals surface area contributed by atoms with Gasteiger partial charge < -0.3 is 4.57 Å². The van der Waals surface area contributed by atoms with E-state index in [-0.39, 0.29) is 28.2 Å². The molecule has 1 amide bonds. The lowest BCUT2D eigenvalue weighted by molar-refractivity contribution is -0.114. The number of rotatable bonds is 6. The van der Waals surface area contributed by atoms with Crippen LogP contribution in [0, 0.1) is 17.6 Å². The predicted molar refractivity (Wildman–Crippen MR) is 138 cm³/mol. The standard InChI is InChI=1S/C24H28N4O5S2/c1-14(7-8-15(2)21-17(4)26(5)24(34)27(6)23(21)30)13-20-16(3)25-28(22(20)29)18-9-11-19(12-10-18)35(31,32)33/h7-15H,1-6H3,(H,31,32,33)/b8-7-,20-13+. The van der Waals surface area contributed by atoms with Crippen molar-refractivity contribution >= 4 is 39.6 Å². The Morgan fingerprint density at radius 3 is 2.20 bits per heavy atom. The number of carbonyl (C=O) groups is 1. The molecule has 0 bridgehead atoms. The van der Waals surface area contributed by atoms with Gasteiger partial charge in [0.1, 0.15) is 0 Å². The molecule has 0 saturated carbocycles. The van der Waals surface area contributed by atoms with E-state index in [1.54, 1.807) is 20.0 Å². The van der Waals surface area contributed by atoms with Crippen LogP contribution in [-0.4, -0.2) is 33.7 Å². The quantitative estimate of drug-likeness (QED) is 0.271. The van der Waals surface area contributed by atoms with Crippen molar-refractivity contribution in [3.63, 3.8) is 0 Å². The van der Waals surface area contributed by atoms with Gasteiger partial charge in [-0.15, -0.1) is 0 Å². The van der Waals surface area contributed by atoms with E-state index in [9.17, 15) is 18.0 Å². The smallest absolute Gasteiger partial charge is 0.294 e. The van der Waals surface area contributed by atoms with Crippen LogP contribution in [-0.2, 0) is 29.0 Å². The topological polar surface area (TPSA) is 114 Å². The number of carbonyl (C=O) groups excluding carboxylic acids is 1. The summed E-state index contributed by atoms with van der Waals surface area (Å²) in [7, 11) is -0.833. The summed E-state index contributed by atoms with van der Waals surface area (Å²) in [6.07, 6.45) is 5.67. The fraction of sp³-hybridized carbons (Fsp3) is 0.333. The summed E-state index contributed by atoms with van der Waals surface area (Å²) in [6.45, 7) is 7.46. The highest BCUT2D eigenvalue weighted by atomic mass is 32.2. The molecule has 9 nitrogen and oxygen atoms in total. The van der Waals surface area contributed by atoms with Crippen LogP contribution in [0.25, 0.3) is 0 Å². The number of hydrazone groups is 1. The Morgan fingerprint density at radius 1 is 1.03 bits per heavy atom. The van der Waals surface area contributed by atoms with E-state index in [4.69, 9.17) is 16.8 Å². The molecule has 2 heterocycles. The zero-order valence-electron chi connectivity index (χ0n) is 20.4. The van der Waals surface area contributed by atoms with Crippen molar-refractivity contribution in [1.82, 2.24) is 9.13 Å².